The lowest BCUT2D eigenvalue weighted by Crippen LogP contribution is -2.39. The monoisotopic (exact) mass is 258 g/mol. The maximum Gasteiger partial charge on any atom is 0.241 e. The predicted molar refractivity (Wildman–Crippen MR) is 67.9 cm³/mol. The Morgan fingerprint density at radius 2 is 1.94 bits per heavy atom. The lowest BCUT2D eigenvalue weighted by Gasteiger charge is -2.13. The van der Waals surface area contributed by atoms with Crippen LogP contribution in [0.25, 0.3) is 0 Å². The maximum atomic E-state index is 12.6. The molecule has 1 saturated carbocycles. The number of rotatable bonds is 4. The van der Waals surface area contributed by atoms with Crippen molar-refractivity contribution >= 4 is 24.0 Å². The van der Waals surface area contributed by atoms with Crippen LogP contribution in [0.1, 0.15) is 19.8 Å². The minimum atomic E-state index is -0.304. The Bertz CT molecular complexity index is 379. The molecule has 2 rings (SSSR count). The zero-order valence-corrected chi connectivity index (χ0v) is 10.4. The van der Waals surface area contributed by atoms with Crippen molar-refractivity contribution in [1.29, 1.82) is 0 Å². The second kappa shape index (κ2) is 5.98. The van der Waals surface area contributed by atoms with Gasteiger partial charge in [-0.05, 0) is 44.0 Å². The van der Waals surface area contributed by atoms with E-state index >= 15 is 0 Å². The van der Waals surface area contributed by atoms with Gasteiger partial charge >= 0.3 is 0 Å². The predicted octanol–water partition coefficient (Wildman–Crippen LogP) is 2.33. The molecular weight excluding hydrogens is 243 g/mol. The third-order valence-electron chi connectivity index (χ3n) is 2.57. The van der Waals surface area contributed by atoms with E-state index in [2.05, 4.69) is 10.6 Å². The highest BCUT2D eigenvalue weighted by Crippen LogP contribution is 2.19. The Hall–Kier alpha value is -1.13. The van der Waals surface area contributed by atoms with Crippen LogP contribution in [-0.2, 0) is 4.79 Å². The van der Waals surface area contributed by atoms with Crippen LogP contribution in [0, 0.1) is 5.82 Å². The van der Waals surface area contributed by atoms with Crippen molar-refractivity contribution in [3.05, 3.63) is 30.1 Å². The first-order chi connectivity index (χ1) is 7.65. The van der Waals surface area contributed by atoms with Gasteiger partial charge in [-0.15, -0.1) is 12.4 Å². The van der Waals surface area contributed by atoms with Gasteiger partial charge in [0.05, 0.1) is 6.04 Å². The fraction of sp³-hybridized carbons (Fsp3) is 0.417. The second-order valence-corrected chi connectivity index (χ2v) is 4.16. The molecule has 17 heavy (non-hydrogen) atoms. The van der Waals surface area contributed by atoms with Crippen molar-refractivity contribution in [3.63, 3.8) is 0 Å². The summed E-state index contributed by atoms with van der Waals surface area (Å²) in [5.74, 6) is -0.388. The van der Waals surface area contributed by atoms with E-state index in [1.54, 1.807) is 12.1 Å². The third-order valence-corrected chi connectivity index (χ3v) is 2.57. The normalized spacial score (nSPS) is 15.9. The Morgan fingerprint density at radius 1 is 1.35 bits per heavy atom. The lowest BCUT2D eigenvalue weighted by molar-refractivity contribution is -0.117. The molecule has 1 aliphatic carbocycles. The van der Waals surface area contributed by atoms with Gasteiger partial charge in [0.25, 0.3) is 0 Å². The highest BCUT2D eigenvalue weighted by molar-refractivity contribution is 5.94. The summed E-state index contributed by atoms with van der Waals surface area (Å²) in [6.07, 6.45) is 2.29. The number of carbonyl (C=O) groups is 1. The molecule has 1 aromatic carbocycles. The van der Waals surface area contributed by atoms with Crippen molar-refractivity contribution < 1.29 is 9.18 Å². The lowest BCUT2D eigenvalue weighted by atomic mass is 10.2. The van der Waals surface area contributed by atoms with E-state index in [0.717, 1.165) is 12.8 Å². The van der Waals surface area contributed by atoms with E-state index in [1.807, 2.05) is 6.92 Å². The number of nitrogens with one attached hydrogen (secondary N) is 2. The van der Waals surface area contributed by atoms with E-state index in [4.69, 9.17) is 0 Å². The van der Waals surface area contributed by atoms with Crippen LogP contribution in [0.4, 0.5) is 10.1 Å². The first kappa shape index (κ1) is 13.9. The second-order valence-electron chi connectivity index (χ2n) is 4.16. The van der Waals surface area contributed by atoms with Gasteiger partial charge in [-0.25, -0.2) is 4.39 Å². The van der Waals surface area contributed by atoms with Crippen LogP contribution in [0.5, 0.6) is 0 Å². The molecule has 1 amide bonds. The van der Waals surface area contributed by atoms with Gasteiger partial charge in [0, 0.05) is 11.7 Å². The van der Waals surface area contributed by atoms with Gasteiger partial charge in [-0.3, -0.25) is 4.79 Å². The van der Waals surface area contributed by atoms with Crippen LogP contribution in [0.15, 0.2) is 24.3 Å². The molecule has 1 fully saturated rings. The van der Waals surface area contributed by atoms with Gasteiger partial charge in [-0.2, -0.15) is 0 Å². The summed E-state index contributed by atoms with van der Waals surface area (Å²) in [5.41, 5.74) is 0.621. The number of hydrogen-bond acceptors (Lipinski definition) is 2. The zero-order chi connectivity index (χ0) is 11.5. The van der Waals surface area contributed by atoms with Crippen molar-refractivity contribution in [1.82, 2.24) is 5.32 Å². The van der Waals surface area contributed by atoms with Crippen molar-refractivity contribution in [2.24, 2.45) is 0 Å². The Kier molecular flexibility index (Phi) is 4.90. The average Bonchev–Trinajstić information content (AvgIpc) is 3.05. The van der Waals surface area contributed by atoms with Crippen LogP contribution in [-0.4, -0.2) is 18.0 Å². The van der Waals surface area contributed by atoms with Crippen molar-refractivity contribution in [2.45, 2.75) is 31.8 Å². The molecular formula is C12H16ClFN2O. The summed E-state index contributed by atoms with van der Waals surface area (Å²) in [5, 5.41) is 5.93. The first-order valence-corrected chi connectivity index (χ1v) is 5.47. The Balaban J connectivity index is 0.00000144. The molecule has 1 atom stereocenters. The molecule has 3 nitrogen and oxygen atoms in total. The van der Waals surface area contributed by atoms with E-state index in [-0.39, 0.29) is 30.2 Å². The summed E-state index contributed by atoms with van der Waals surface area (Å²) in [7, 11) is 0. The van der Waals surface area contributed by atoms with Gasteiger partial charge < -0.3 is 10.6 Å². The van der Waals surface area contributed by atoms with Crippen molar-refractivity contribution in [2.75, 3.05) is 5.32 Å². The molecule has 0 aromatic heterocycles. The van der Waals surface area contributed by atoms with Crippen LogP contribution < -0.4 is 10.6 Å². The summed E-state index contributed by atoms with van der Waals surface area (Å²) in [6, 6.07) is 6.05. The average molecular weight is 259 g/mol. The third kappa shape index (κ3) is 4.32. The number of carbonyl (C=O) groups excluding carboxylic acids is 1. The molecule has 94 valence electrons. The van der Waals surface area contributed by atoms with Crippen LogP contribution >= 0.6 is 12.4 Å². The SMILES string of the molecule is CC(NC1CC1)C(=O)Nc1ccc(F)cc1.Cl. The summed E-state index contributed by atoms with van der Waals surface area (Å²) in [4.78, 5) is 11.7. The summed E-state index contributed by atoms with van der Waals surface area (Å²) < 4.78 is 12.6. The summed E-state index contributed by atoms with van der Waals surface area (Å²) in [6.45, 7) is 1.83. The van der Waals surface area contributed by atoms with Crippen LogP contribution in [0.2, 0.25) is 0 Å². The fourth-order valence-electron chi connectivity index (χ4n) is 1.46. The van der Waals surface area contributed by atoms with Gasteiger partial charge in [0.15, 0.2) is 0 Å². The molecule has 0 radical (unpaired) electrons. The van der Waals surface area contributed by atoms with Crippen LogP contribution in [0.3, 0.4) is 0 Å². The molecule has 1 aromatic rings. The number of amides is 1. The van der Waals surface area contributed by atoms with E-state index in [0.29, 0.717) is 11.7 Å². The zero-order valence-electron chi connectivity index (χ0n) is 9.57. The minimum Gasteiger partial charge on any atom is -0.325 e. The van der Waals surface area contributed by atoms with Crippen molar-refractivity contribution in [3.8, 4) is 0 Å². The van der Waals surface area contributed by atoms with Gasteiger partial charge in [0.2, 0.25) is 5.91 Å². The molecule has 2 N–H and O–H groups in total. The van der Waals surface area contributed by atoms with E-state index in [9.17, 15) is 9.18 Å². The topological polar surface area (TPSA) is 41.1 Å². The van der Waals surface area contributed by atoms with E-state index < -0.39 is 0 Å². The standard InChI is InChI=1S/C12H15FN2O.ClH/c1-8(14-10-6-7-10)12(16)15-11-4-2-9(13)3-5-11;/h2-5,8,10,14H,6-7H2,1H3,(H,15,16);1H. The number of anilines is 1. The van der Waals surface area contributed by atoms with Gasteiger partial charge in [-0.1, -0.05) is 0 Å². The highest BCUT2D eigenvalue weighted by Gasteiger charge is 2.25. The number of halogens is 2. The molecule has 5 heteroatoms. The number of hydrogen-bond donors (Lipinski definition) is 2. The highest BCUT2D eigenvalue weighted by atomic mass is 35.5. The van der Waals surface area contributed by atoms with E-state index in [1.165, 1.54) is 12.1 Å². The first-order valence-electron chi connectivity index (χ1n) is 5.47. The Morgan fingerprint density at radius 3 is 2.47 bits per heavy atom. The largest absolute Gasteiger partial charge is 0.325 e. The molecule has 0 heterocycles. The maximum absolute atomic E-state index is 12.6. The molecule has 1 unspecified atom stereocenters. The smallest absolute Gasteiger partial charge is 0.241 e. The molecule has 1 aliphatic rings. The minimum absolute atomic E-state index is 0. The quantitative estimate of drug-likeness (QED) is 0.870. The molecule has 0 bridgehead atoms. The fourth-order valence-corrected chi connectivity index (χ4v) is 1.46. The molecule has 0 saturated heterocycles. The molecule has 0 spiro atoms. The Labute approximate surface area is 106 Å². The molecule has 0 aliphatic heterocycles. The number of benzene rings is 1. The van der Waals surface area contributed by atoms with Gasteiger partial charge in [0.1, 0.15) is 5.82 Å². The summed E-state index contributed by atoms with van der Waals surface area (Å²) >= 11 is 0.